The maximum Gasteiger partial charge on any atom is 0.0931 e. The van der Waals surface area contributed by atoms with Gasteiger partial charge in [0.15, 0.2) is 0 Å². The Morgan fingerprint density at radius 1 is 1.29 bits per heavy atom. The number of nitrogens with zero attached hydrogens (tertiary/aromatic N) is 1. The topological polar surface area (TPSA) is 15.3 Å². The SMILES string of the molecule is CC(NCCCN(C)Cc1ccccc1)c1csc(Cl)c1. The second-order valence-electron chi connectivity index (χ2n) is 5.44. The molecule has 0 bridgehead atoms. The van der Waals surface area contributed by atoms with E-state index in [1.54, 1.807) is 11.3 Å². The van der Waals surface area contributed by atoms with E-state index in [0.29, 0.717) is 6.04 Å². The molecule has 2 nitrogen and oxygen atoms in total. The van der Waals surface area contributed by atoms with E-state index in [1.807, 2.05) is 6.07 Å². The Morgan fingerprint density at radius 2 is 2.05 bits per heavy atom. The first kappa shape index (κ1) is 16.5. The van der Waals surface area contributed by atoms with E-state index in [-0.39, 0.29) is 0 Å². The summed E-state index contributed by atoms with van der Waals surface area (Å²) in [7, 11) is 2.18. The van der Waals surface area contributed by atoms with Crippen LogP contribution in [0.3, 0.4) is 0 Å². The maximum absolute atomic E-state index is 5.97. The molecule has 0 aliphatic carbocycles. The second kappa shape index (κ2) is 8.54. The maximum atomic E-state index is 5.97. The Bertz CT molecular complexity index is 527. The minimum absolute atomic E-state index is 0.369. The summed E-state index contributed by atoms with van der Waals surface area (Å²) < 4.78 is 0.862. The van der Waals surface area contributed by atoms with Crippen LogP contribution in [-0.4, -0.2) is 25.0 Å². The number of hydrogen-bond donors (Lipinski definition) is 1. The van der Waals surface area contributed by atoms with Gasteiger partial charge in [0.2, 0.25) is 0 Å². The first-order chi connectivity index (χ1) is 10.1. The molecule has 2 rings (SSSR count). The van der Waals surface area contributed by atoms with Crippen molar-refractivity contribution in [3.05, 3.63) is 57.2 Å². The highest BCUT2D eigenvalue weighted by molar-refractivity contribution is 7.14. The molecule has 1 heterocycles. The van der Waals surface area contributed by atoms with Crippen molar-refractivity contribution in [1.29, 1.82) is 0 Å². The Labute approximate surface area is 136 Å². The lowest BCUT2D eigenvalue weighted by atomic mass is 10.2. The van der Waals surface area contributed by atoms with Crippen LogP contribution in [0.4, 0.5) is 0 Å². The Morgan fingerprint density at radius 3 is 2.71 bits per heavy atom. The zero-order chi connectivity index (χ0) is 15.1. The molecule has 114 valence electrons. The minimum atomic E-state index is 0.369. The molecule has 0 spiro atoms. The molecule has 2 aromatic rings. The van der Waals surface area contributed by atoms with Crippen LogP contribution in [0.1, 0.15) is 30.5 Å². The summed E-state index contributed by atoms with van der Waals surface area (Å²) in [6.45, 7) is 5.31. The lowest BCUT2D eigenvalue weighted by Gasteiger charge is -2.18. The lowest BCUT2D eigenvalue weighted by molar-refractivity contribution is 0.317. The van der Waals surface area contributed by atoms with Crippen LogP contribution in [-0.2, 0) is 6.54 Å². The van der Waals surface area contributed by atoms with E-state index < -0.39 is 0 Å². The number of nitrogens with one attached hydrogen (secondary N) is 1. The molecule has 1 aromatic heterocycles. The highest BCUT2D eigenvalue weighted by Crippen LogP contribution is 2.24. The third-order valence-corrected chi connectivity index (χ3v) is 4.66. The molecule has 1 N–H and O–H groups in total. The molecule has 0 radical (unpaired) electrons. The van der Waals surface area contributed by atoms with Crippen molar-refractivity contribution in [2.75, 3.05) is 20.1 Å². The molecule has 0 saturated heterocycles. The summed E-state index contributed by atoms with van der Waals surface area (Å²) in [4.78, 5) is 2.36. The number of hydrogen-bond acceptors (Lipinski definition) is 3. The molecule has 0 amide bonds. The van der Waals surface area contributed by atoms with Crippen molar-refractivity contribution in [2.24, 2.45) is 0 Å². The van der Waals surface area contributed by atoms with Gasteiger partial charge in [-0.3, -0.25) is 0 Å². The average Bonchev–Trinajstić information content (AvgIpc) is 2.91. The van der Waals surface area contributed by atoms with Crippen molar-refractivity contribution < 1.29 is 0 Å². The van der Waals surface area contributed by atoms with Crippen molar-refractivity contribution in [2.45, 2.75) is 25.9 Å². The summed E-state index contributed by atoms with van der Waals surface area (Å²) in [6, 6.07) is 13.0. The van der Waals surface area contributed by atoms with Gasteiger partial charge in [0.25, 0.3) is 0 Å². The van der Waals surface area contributed by atoms with E-state index in [2.05, 4.69) is 59.9 Å². The van der Waals surface area contributed by atoms with E-state index in [4.69, 9.17) is 11.6 Å². The van der Waals surface area contributed by atoms with E-state index >= 15 is 0 Å². The molecule has 4 heteroatoms. The molecule has 0 fully saturated rings. The van der Waals surface area contributed by atoms with Gasteiger partial charge < -0.3 is 10.2 Å². The van der Waals surface area contributed by atoms with Crippen molar-refractivity contribution >= 4 is 22.9 Å². The monoisotopic (exact) mass is 322 g/mol. The van der Waals surface area contributed by atoms with Crippen molar-refractivity contribution in [3.8, 4) is 0 Å². The zero-order valence-electron chi connectivity index (χ0n) is 12.7. The van der Waals surface area contributed by atoms with Gasteiger partial charge >= 0.3 is 0 Å². The first-order valence-corrected chi connectivity index (χ1v) is 8.60. The number of rotatable bonds is 8. The summed E-state index contributed by atoms with van der Waals surface area (Å²) in [6.07, 6.45) is 1.14. The van der Waals surface area contributed by atoms with Gasteiger partial charge in [-0.15, -0.1) is 11.3 Å². The van der Waals surface area contributed by atoms with E-state index in [9.17, 15) is 0 Å². The number of thiophene rings is 1. The quantitative estimate of drug-likeness (QED) is 0.716. The van der Waals surface area contributed by atoms with Crippen molar-refractivity contribution in [3.63, 3.8) is 0 Å². The highest BCUT2D eigenvalue weighted by atomic mass is 35.5. The third kappa shape index (κ3) is 5.79. The van der Waals surface area contributed by atoms with Gasteiger partial charge in [0, 0.05) is 12.6 Å². The Kier molecular flexibility index (Phi) is 6.71. The van der Waals surface area contributed by atoms with E-state index in [0.717, 1.165) is 30.4 Å². The molecule has 1 aromatic carbocycles. The van der Waals surface area contributed by atoms with Crippen LogP contribution in [0.5, 0.6) is 0 Å². The van der Waals surface area contributed by atoms with Crippen LogP contribution in [0.2, 0.25) is 4.34 Å². The molecule has 0 aliphatic rings. The first-order valence-electron chi connectivity index (χ1n) is 7.35. The van der Waals surface area contributed by atoms with Gasteiger partial charge in [-0.25, -0.2) is 0 Å². The summed E-state index contributed by atoms with van der Waals surface area (Å²) in [5, 5.41) is 5.68. The summed E-state index contributed by atoms with van der Waals surface area (Å²) in [5.41, 5.74) is 2.65. The average molecular weight is 323 g/mol. The molecular weight excluding hydrogens is 300 g/mol. The standard InChI is InChI=1S/C17H23ClN2S/c1-14(16-11-17(18)21-13-16)19-9-6-10-20(2)12-15-7-4-3-5-8-15/h3-5,7-8,11,13-14,19H,6,9-10,12H2,1-2H3. The molecular formula is C17H23ClN2S. The number of halogens is 1. The largest absolute Gasteiger partial charge is 0.310 e. The molecule has 0 aliphatic heterocycles. The summed E-state index contributed by atoms with van der Waals surface area (Å²) in [5.74, 6) is 0. The highest BCUT2D eigenvalue weighted by Gasteiger charge is 2.07. The lowest BCUT2D eigenvalue weighted by Crippen LogP contribution is -2.25. The van der Waals surface area contributed by atoms with Gasteiger partial charge in [0.1, 0.15) is 0 Å². The van der Waals surface area contributed by atoms with Crippen LogP contribution in [0.25, 0.3) is 0 Å². The predicted molar refractivity (Wildman–Crippen MR) is 93.1 cm³/mol. The van der Waals surface area contributed by atoms with Gasteiger partial charge in [-0.1, -0.05) is 41.9 Å². The fraction of sp³-hybridized carbons (Fsp3) is 0.412. The molecule has 1 atom stereocenters. The van der Waals surface area contributed by atoms with Crippen LogP contribution in [0.15, 0.2) is 41.8 Å². The zero-order valence-corrected chi connectivity index (χ0v) is 14.3. The second-order valence-corrected chi connectivity index (χ2v) is 6.98. The molecule has 21 heavy (non-hydrogen) atoms. The van der Waals surface area contributed by atoms with Gasteiger partial charge in [0.05, 0.1) is 4.34 Å². The normalized spacial score (nSPS) is 12.8. The number of benzene rings is 1. The van der Waals surface area contributed by atoms with Crippen LogP contribution in [0, 0.1) is 0 Å². The Hall–Kier alpha value is -0.870. The molecule has 1 unspecified atom stereocenters. The van der Waals surface area contributed by atoms with Crippen molar-refractivity contribution in [1.82, 2.24) is 10.2 Å². The van der Waals surface area contributed by atoms with E-state index in [1.165, 1.54) is 11.1 Å². The summed E-state index contributed by atoms with van der Waals surface area (Å²) >= 11 is 7.56. The minimum Gasteiger partial charge on any atom is -0.310 e. The van der Waals surface area contributed by atoms with Crippen LogP contribution >= 0.6 is 22.9 Å². The fourth-order valence-electron chi connectivity index (χ4n) is 2.31. The third-order valence-electron chi connectivity index (χ3n) is 3.55. The Balaban J connectivity index is 1.63. The van der Waals surface area contributed by atoms with Crippen LogP contribution < -0.4 is 5.32 Å². The van der Waals surface area contributed by atoms with Gasteiger partial charge in [-0.05, 0) is 56.1 Å². The predicted octanol–water partition coefficient (Wildman–Crippen LogP) is 4.57. The molecule has 0 saturated carbocycles. The van der Waals surface area contributed by atoms with Gasteiger partial charge in [-0.2, -0.15) is 0 Å². The fourth-order valence-corrected chi connectivity index (χ4v) is 3.29. The smallest absolute Gasteiger partial charge is 0.0931 e.